The van der Waals surface area contributed by atoms with Crippen LogP contribution >= 0.6 is 0 Å². The van der Waals surface area contributed by atoms with Gasteiger partial charge in [-0.05, 0) is 50.4 Å². The van der Waals surface area contributed by atoms with Crippen molar-refractivity contribution in [3.05, 3.63) is 50.9 Å². The molecule has 0 N–H and O–H groups in total. The van der Waals surface area contributed by atoms with Gasteiger partial charge in [0.2, 0.25) is 0 Å². The van der Waals surface area contributed by atoms with E-state index in [-0.39, 0.29) is 49.5 Å². The van der Waals surface area contributed by atoms with E-state index in [0.29, 0.717) is 23.4 Å². The van der Waals surface area contributed by atoms with Crippen LogP contribution in [0.15, 0.2) is 23.7 Å². The Morgan fingerprint density at radius 3 is 1.83 bits per heavy atom. The van der Waals surface area contributed by atoms with Crippen LogP contribution < -0.4 is 0 Å². The van der Waals surface area contributed by atoms with Crippen LogP contribution in [0.2, 0.25) is 18.6 Å². The van der Waals surface area contributed by atoms with Crippen LogP contribution in [0.25, 0.3) is 4.98 Å². The summed E-state index contributed by atoms with van der Waals surface area (Å²) in [5.74, 6) is 2.85. The Bertz CT molecular complexity index is 580. The van der Waals surface area contributed by atoms with Crippen molar-refractivity contribution in [3.8, 4) is 0 Å². The molecule has 1 saturated heterocycles. The fourth-order valence-corrected chi connectivity index (χ4v) is 9.55. The van der Waals surface area contributed by atoms with E-state index in [1.807, 2.05) is 0 Å². The largest absolute Gasteiger partial charge is 4.00 e. The van der Waals surface area contributed by atoms with Crippen molar-refractivity contribution < 1.29 is 31.2 Å². The summed E-state index contributed by atoms with van der Waals surface area (Å²) in [6.07, 6.45) is 8.65. The molecule has 4 unspecified atom stereocenters. The molecule has 0 bridgehead atoms. The summed E-state index contributed by atoms with van der Waals surface area (Å²) in [6.45, 7) is 14.1. The van der Waals surface area contributed by atoms with Crippen molar-refractivity contribution in [3.63, 3.8) is 0 Å². The maximum atomic E-state index is 5.66. The van der Waals surface area contributed by atoms with E-state index in [1.54, 1.807) is 14.2 Å². The monoisotopic (exact) mass is 470 g/mol. The number of likely N-dealkylation sites (tertiary alicyclic amines) is 1. The zero-order valence-corrected chi connectivity index (χ0v) is 23.8. The Labute approximate surface area is 204 Å². The summed E-state index contributed by atoms with van der Waals surface area (Å²) < 4.78 is 11.3. The van der Waals surface area contributed by atoms with Gasteiger partial charge in [0.05, 0.1) is 14.2 Å². The van der Waals surface area contributed by atoms with Gasteiger partial charge in [0.25, 0.3) is 0 Å². The zero-order valence-electron chi connectivity index (χ0n) is 21.2. The van der Waals surface area contributed by atoms with Crippen molar-refractivity contribution in [1.82, 2.24) is 4.90 Å². The standard InChI is InChI=1S/C21H37N2O2Si.3CH3.Ti/c1-21(2,3)22-26(6,7)20-14-17(23-10-8-9-11-23)15-12-18(24-4)19(25-5)13-16(15)20;;;;/h12-13,15-17,20H,8-11,14H2,1-7H3;3*1H3;/q4*-1;+4. The van der Waals surface area contributed by atoms with Gasteiger partial charge >= 0.3 is 21.7 Å². The normalized spacial score (nSPS) is 28.5. The maximum absolute atomic E-state index is 5.66. The van der Waals surface area contributed by atoms with E-state index in [9.17, 15) is 0 Å². The number of nitrogens with zero attached hydrogens (tertiary/aromatic N) is 2. The second kappa shape index (κ2) is 12.2. The average Bonchev–Trinajstić information content (AvgIpc) is 3.18. The second-order valence-corrected chi connectivity index (χ2v) is 14.0. The van der Waals surface area contributed by atoms with Crippen LogP contribution in [0.5, 0.6) is 0 Å². The average molecular weight is 471 g/mol. The Kier molecular flexibility index (Phi) is 13.1. The molecule has 4 nitrogen and oxygen atoms in total. The van der Waals surface area contributed by atoms with E-state index >= 15 is 0 Å². The summed E-state index contributed by atoms with van der Waals surface area (Å²) in [5, 5.41) is 0. The maximum Gasteiger partial charge on any atom is 4.00 e. The second-order valence-electron chi connectivity index (χ2n) is 9.71. The zero-order chi connectivity index (χ0) is 19.1. The van der Waals surface area contributed by atoms with Gasteiger partial charge < -0.3 is 36.7 Å². The van der Waals surface area contributed by atoms with Gasteiger partial charge in [0, 0.05) is 12.0 Å². The molecule has 0 radical (unpaired) electrons. The molecule has 0 spiro atoms. The molecular weight excluding hydrogens is 424 g/mol. The van der Waals surface area contributed by atoms with Crippen LogP contribution in [0.4, 0.5) is 0 Å². The van der Waals surface area contributed by atoms with Gasteiger partial charge in [-0.1, -0.05) is 47.6 Å². The third-order valence-electron chi connectivity index (χ3n) is 6.36. The first kappa shape index (κ1) is 32.1. The van der Waals surface area contributed by atoms with Crippen LogP contribution in [0, 0.1) is 34.1 Å². The summed E-state index contributed by atoms with van der Waals surface area (Å²) in [6, 6.07) is 0.620. The van der Waals surface area contributed by atoms with Crippen LogP contribution in [0.3, 0.4) is 0 Å². The number of hydrogen-bond acceptors (Lipinski definition) is 3. The van der Waals surface area contributed by atoms with Gasteiger partial charge in [-0.25, -0.2) is 0 Å². The molecular formula is C24H46N2O2SiTi. The molecule has 3 aliphatic rings. The summed E-state index contributed by atoms with van der Waals surface area (Å²) in [4.78, 5) is 8.09. The number of rotatable bonds is 5. The first-order valence-corrected chi connectivity index (χ1v) is 13.2. The molecule has 3 rings (SSSR count). The van der Waals surface area contributed by atoms with Crippen molar-refractivity contribution in [2.75, 3.05) is 27.3 Å². The molecule has 172 valence electrons. The molecule has 2 fully saturated rings. The minimum atomic E-state index is -1.75. The van der Waals surface area contributed by atoms with Gasteiger partial charge in [0.15, 0.2) is 11.5 Å². The van der Waals surface area contributed by atoms with E-state index in [1.165, 1.54) is 32.4 Å². The Hall–Kier alpha value is -0.0688. The molecule has 30 heavy (non-hydrogen) atoms. The third kappa shape index (κ3) is 6.71. The van der Waals surface area contributed by atoms with E-state index < -0.39 is 8.24 Å². The molecule has 4 atom stereocenters. The molecule has 2 aliphatic carbocycles. The summed E-state index contributed by atoms with van der Waals surface area (Å²) in [5.41, 5.74) is 0.685. The number of allylic oxidation sites excluding steroid dienone is 1. The van der Waals surface area contributed by atoms with Crippen molar-refractivity contribution in [1.29, 1.82) is 0 Å². The molecule has 1 heterocycles. The van der Waals surface area contributed by atoms with Gasteiger partial charge in [-0.3, -0.25) is 4.90 Å². The van der Waals surface area contributed by atoms with Crippen LogP contribution in [-0.2, 0) is 31.2 Å². The minimum Gasteiger partial charge on any atom is -0.660 e. The number of hydrogen-bond donors (Lipinski definition) is 0. The summed E-state index contributed by atoms with van der Waals surface area (Å²) >= 11 is 0. The fourth-order valence-electron chi connectivity index (χ4n) is 5.57. The predicted molar refractivity (Wildman–Crippen MR) is 130 cm³/mol. The van der Waals surface area contributed by atoms with Crippen LogP contribution in [-0.4, -0.2) is 52.0 Å². The fraction of sp³-hybridized carbons (Fsp3) is 0.708. The first-order valence-electron chi connectivity index (χ1n) is 10.2. The van der Waals surface area contributed by atoms with Gasteiger partial charge in [-0.2, -0.15) is 0 Å². The van der Waals surface area contributed by atoms with Crippen molar-refractivity contribution >= 4 is 8.24 Å². The molecule has 1 saturated carbocycles. The van der Waals surface area contributed by atoms with Gasteiger partial charge in [-0.15, -0.1) is 5.54 Å². The van der Waals surface area contributed by atoms with Crippen molar-refractivity contribution in [2.24, 2.45) is 11.8 Å². The SMILES string of the molecule is COC1=CC2C(C=C1OC)C([Si](C)(C)[N-]C(C)(C)C)CC2N1CCCC1.[CH3-].[CH3-].[CH3-].[Ti+4]. The Balaban J connectivity index is 0. The molecule has 0 amide bonds. The Morgan fingerprint density at radius 1 is 0.933 bits per heavy atom. The molecule has 0 aromatic rings. The smallest absolute Gasteiger partial charge is 0.660 e. The first-order chi connectivity index (χ1) is 12.2. The van der Waals surface area contributed by atoms with Crippen molar-refractivity contribution in [2.45, 2.75) is 70.2 Å². The molecule has 1 aliphatic heterocycles. The quantitative estimate of drug-likeness (QED) is 0.352. The number of ether oxygens (including phenoxy) is 2. The Morgan fingerprint density at radius 2 is 1.40 bits per heavy atom. The predicted octanol–water partition coefficient (Wildman–Crippen LogP) is 6.26. The number of fused-ring (bicyclic) bond motifs is 1. The minimum absolute atomic E-state index is 0. The summed E-state index contributed by atoms with van der Waals surface area (Å²) in [7, 11) is 1.75. The third-order valence-corrected chi connectivity index (χ3v) is 10.0. The topological polar surface area (TPSA) is 35.8 Å². The van der Waals surface area contributed by atoms with E-state index in [2.05, 4.69) is 50.9 Å². The van der Waals surface area contributed by atoms with Crippen LogP contribution in [0.1, 0.15) is 40.0 Å². The number of methoxy groups -OCH3 is 2. The molecule has 6 heteroatoms. The molecule has 0 aromatic carbocycles. The molecule has 0 aromatic heterocycles. The van der Waals surface area contributed by atoms with Gasteiger partial charge in [0.1, 0.15) is 0 Å². The van der Waals surface area contributed by atoms with E-state index in [4.69, 9.17) is 14.5 Å². The van der Waals surface area contributed by atoms with E-state index in [0.717, 1.165) is 11.5 Å².